The Kier molecular flexibility index (Phi) is 3.25. The normalized spacial score (nSPS) is 9.38. The minimum absolute atomic E-state index is 0.0681. The molecule has 0 aliphatic heterocycles. The molecular weight excluding hydrogens is 170 g/mol. The molecule has 0 saturated heterocycles. The molecule has 13 heavy (non-hydrogen) atoms. The van der Waals surface area contributed by atoms with Gasteiger partial charge in [-0.15, -0.1) is 0 Å². The molecule has 0 radical (unpaired) electrons. The summed E-state index contributed by atoms with van der Waals surface area (Å²) in [7, 11) is 1.32. The lowest BCUT2D eigenvalue weighted by molar-refractivity contribution is -0.142. The summed E-state index contributed by atoms with van der Waals surface area (Å²) in [6, 6.07) is 1.71. The first-order chi connectivity index (χ1) is 6.24. The summed E-state index contributed by atoms with van der Waals surface area (Å²) in [6.45, 7) is 1.79. The highest BCUT2D eigenvalue weighted by Gasteiger charge is 2.03. The number of carbonyl (C=O) groups excluding carboxylic acids is 1. The van der Waals surface area contributed by atoms with Gasteiger partial charge in [0.1, 0.15) is 5.75 Å². The number of aromatic nitrogens is 1. The first kappa shape index (κ1) is 9.51. The molecule has 0 spiro atoms. The van der Waals surface area contributed by atoms with E-state index in [1.165, 1.54) is 7.11 Å². The van der Waals surface area contributed by atoms with Crippen molar-refractivity contribution in [2.75, 3.05) is 13.7 Å². The van der Waals surface area contributed by atoms with Crippen LogP contribution in [0.3, 0.4) is 0 Å². The molecule has 0 N–H and O–H groups in total. The topological polar surface area (TPSA) is 48.4 Å². The van der Waals surface area contributed by atoms with Crippen LogP contribution in [0.25, 0.3) is 0 Å². The van der Waals surface area contributed by atoms with E-state index in [2.05, 4.69) is 9.72 Å². The van der Waals surface area contributed by atoms with E-state index < -0.39 is 5.97 Å². The average Bonchev–Trinajstić information content (AvgIpc) is 2.16. The largest absolute Gasteiger partial charge is 0.482 e. The standard InChI is InChI=1S/C9H11NO3/c1-7-5-10-4-3-8(7)13-6-9(11)12-2/h3-5H,6H2,1-2H3. The van der Waals surface area contributed by atoms with Crippen molar-refractivity contribution in [3.63, 3.8) is 0 Å². The van der Waals surface area contributed by atoms with Gasteiger partial charge in [-0.1, -0.05) is 0 Å². The summed E-state index contributed by atoms with van der Waals surface area (Å²) >= 11 is 0. The van der Waals surface area contributed by atoms with Crippen LogP contribution in [0.1, 0.15) is 5.56 Å². The fraction of sp³-hybridized carbons (Fsp3) is 0.333. The first-order valence-corrected chi connectivity index (χ1v) is 3.84. The molecule has 0 atom stereocenters. The molecule has 4 heteroatoms. The molecule has 0 saturated carbocycles. The third-order valence-corrected chi connectivity index (χ3v) is 1.54. The maximum absolute atomic E-state index is 10.7. The van der Waals surface area contributed by atoms with Crippen molar-refractivity contribution >= 4 is 5.97 Å². The number of esters is 1. The Hall–Kier alpha value is -1.58. The molecule has 1 aromatic heterocycles. The Morgan fingerprint density at radius 1 is 1.62 bits per heavy atom. The zero-order valence-corrected chi connectivity index (χ0v) is 7.61. The molecule has 1 rings (SSSR count). The summed E-state index contributed by atoms with van der Waals surface area (Å²) in [5.41, 5.74) is 0.895. The summed E-state index contributed by atoms with van der Waals surface area (Å²) in [6.07, 6.45) is 3.28. The third kappa shape index (κ3) is 2.74. The number of rotatable bonds is 3. The lowest BCUT2D eigenvalue weighted by atomic mass is 10.3. The van der Waals surface area contributed by atoms with E-state index in [9.17, 15) is 4.79 Å². The smallest absolute Gasteiger partial charge is 0.343 e. The maximum Gasteiger partial charge on any atom is 0.343 e. The van der Waals surface area contributed by atoms with Crippen molar-refractivity contribution in [1.29, 1.82) is 0 Å². The molecule has 1 heterocycles. The van der Waals surface area contributed by atoms with Crippen molar-refractivity contribution in [3.05, 3.63) is 24.0 Å². The van der Waals surface area contributed by atoms with E-state index in [0.29, 0.717) is 5.75 Å². The number of ether oxygens (including phenoxy) is 2. The van der Waals surface area contributed by atoms with Crippen LogP contribution in [0.5, 0.6) is 5.75 Å². The summed E-state index contributed by atoms with van der Waals surface area (Å²) < 4.78 is 9.61. The predicted molar refractivity (Wildman–Crippen MR) is 46.5 cm³/mol. The van der Waals surface area contributed by atoms with Gasteiger partial charge in [0.15, 0.2) is 6.61 Å². The number of pyridine rings is 1. The Labute approximate surface area is 76.5 Å². The molecule has 0 aromatic carbocycles. The zero-order valence-electron chi connectivity index (χ0n) is 7.61. The van der Waals surface area contributed by atoms with Crippen LogP contribution in [-0.2, 0) is 9.53 Å². The monoisotopic (exact) mass is 181 g/mol. The van der Waals surface area contributed by atoms with Crippen molar-refractivity contribution < 1.29 is 14.3 Å². The van der Waals surface area contributed by atoms with Gasteiger partial charge >= 0.3 is 5.97 Å². The molecule has 0 aliphatic carbocycles. The van der Waals surface area contributed by atoms with Crippen LogP contribution >= 0.6 is 0 Å². The quantitative estimate of drug-likeness (QED) is 0.651. The molecule has 1 aromatic rings. The van der Waals surface area contributed by atoms with Crippen LogP contribution in [0, 0.1) is 6.92 Å². The molecule has 0 bridgehead atoms. The van der Waals surface area contributed by atoms with Gasteiger partial charge in [-0.3, -0.25) is 4.98 Å². The second-order valence-corrected chi connectivity index (χ2v) is 2.51. The van der Waals surface area contributed by atoms with Crippen LogP contribution in [0.4, 0.5) is 0 Å². The molecule has 70 valence electrons. The molecule has 4 nitrogen and oxygen atoms in total. The minimum atomic E-state index is -0.392. The number of carbonyl (C=O) groups is 1. The van der Waals surface area contributed by atoms with E-state index in [4.69, 9.17) is 4.74 Å². The molecule has 0 amide bonds. The van der Waals surface area contributed by atoms with E-state index in [1.807, 2.05) is 6.92 Å². The van der Waals surface area contributed by atoms with Gasteiger partial charge in [0.25, 0.3) is 0 Å². The highest BCUT2D eigenvalue weighted by molar-refractivity contribution is 5.70. The average molecular weight is 181 g/mol. The van der Waals surface area contributed by atoms with Gasteiger partial charge < -0.3 is 9.47 Å². The van der Waals surface area contributed by atoms with E-state index in [-0.39, 0.29) is 6.61 Å². The molecular formula is C9H11NO3. The Balaban J connectivity index is 2.54. The van der Waals surface area contributed by atoms with Crippen LogP contribution < -0.4 is 4.74 Å². The molecule has 0 aliphatic rings. The number of nitrogens with zero attached hydrogens (tertiary/aromatic N) is 1. The van der Waals surface area contributed by atoms with Gasteiger partial charge in [-0.05, 0) is 13.0 Å². The number of hydrogen-bond donors (Lipinski definition) is 0. The van der Waals surface area contributed by atoms with Gasteiger partial charge in [0.05, 0.1) is 7.11 Å². The van der Waals surface area contributed by atoms with E-state index in [1.54, 1.807) is 18.5 Å². The summed E-state index contributed by atoms with van der Waals surface area (Å²) in [4.78, 5) is 14.6. The predicted octanol–water partition coefficient (Wildman–Crippen LogP) is 0.942. The fourth-order valence-corrected chi connectivity index (χ4v) is 0.818. The van der Waals surface area contributed by atoms with Crippen molar-refractivity contribution in [2.45, 2.75) is 6.92 Å². The second-order valence-electron chi connectivity index (χ2n) is 2.51. The van der Waals surface area contributed by atoms with Crippen molar-refractivity contribution in [3.8, 4) is 5.75 Å². The van der Waals surface area contributed by atoms with Gasteiger partial charge in [0, 0.05) is 18.0 Å². The van der Waals surface area contributed by atoms with Crippen molar-refractivity contribution in [1.82, 2.24) is 4.98 Å². The Morgan fingerprint density at radius 3 is 3.00 bits per heavy atom. The first-order valence-electron chi connectivity index (χ1n) is 3.84. The Bertz CT molecular complexity index is 299. The Morgan fingerprint density at radius 2 is 2.38 bits per heavy atom. The highest BCUT2D eigenvalue weighted by atomic mass is 16.6. The van der Waals surface area contributed by atoms with Gasteiger partial charge in [0.2, 0.25) is 0 Å². The second kappa shape index (κ2) is 4.45. The number of methoxy groups -OCH3 is 1. The van der Waals surface area contributed by atoms with Crippen LogP contribution in [0.15, 0.2) is 18.5 Å². The molecule has 0 fully saturated rings. The van der Waals surface area contributed by atoms with Gasteiger partial charge in [-0.2, -0.15) is 0 Å². The van der Waals surface area contributed by atoms with E-state index in [0.717, 1.165) is 5.56 Å². The zero-order chi connectivity index (χ0) is 9.68. The van der Waals surface area contributed by atoms with Crippen LogP contribution in [0.2, 0.25) is 0 Å². The number of hydrogen-bond acceptors (Lipinski definition) is 4. The summed E-state index contributed by atoms with van der Waals surface area (Å²) in [5.74, 6) is 0.261. The summed E-state index contributed by atoms with van der Waals surface area (Å²) in [5, 5.41) is 0. The lowest BCUT2D eigenvalue weighted by Gasteiger charge is -2.06. The minimum Gasteiger partial charge on any atom is -0.482 e. The van der Waals surface area contributed by atoms with Crippen molar-refractivity contribution in [2.24, 2.45) is 0 Å². The van der Waals surface area contributed by atoms with Gasteiger partial charge in [-0.25, -0.2) is 4.79 Å². The number of aryl methyl sites for hydroxylation is 1. The lowest BCUT2D eigenvalue weighted by Crippen LogP contribution is -2.12. The molecule has 0 unspecified atom stereocenters. The van der Waals surface area contributed by atoms with Crippen LogP contribution in [-0.4, -0.2) is 24.7 Å². The third-order valence-electron chi connectivity index (χ3n) is 1.54. The fourth-order valence-electron chi connectivity index (χ4n) is 0.818. The van der Waals surface area contributed by atoms with E-state index >= 15 is 0 Å². The maximum atomic E-state index is 10.7. The SMILES string of the molecule is COC(=O)COc1ccncc1C. The highest BCUT2D eigenvalue weighted by Crippen LogP contribution is 2.14.